The van der Waals surface area contributed by atoms with Gasteiger partial charge >= 0.3 is 5.97 Å². The third-order valence-corrected chi connectivity index (χ3v) is 5.65. The fraction of sp³-hybridized carbons (Fsp3) is 0.333. The van der Waals surface area contributed by atoms with Crippen molar-refractivity contribution in [3.63, 3.8) is 0 Å². The van der Waals surface area contributed by atoms with Gasteiger partial charge in [-0.1, -0.05) is 35.2 Å². The number of amides is 1. The van der Waals surface area contributed by atoms with Crippen molar-refractivity contribution in [2.45, 2.75) is 11.3 Å². The smallest absolute Gasteiger partial charge is 0.376 e. The molecular formula is C18H20N4O5S2. The van der Waals surface area contributed by atoms with Crippen molar-refractivity contribution in [2.24, 2.45) is 0 Å². The van der Waals surface area contributed by atoms with E-state index in [2.05, 4.69) is 20.8 Å². The fourth-order valence-corrected chi connectivity index (χ4v) is 3.99. The predicted molar refractivity (Wildman–Crippen MR) is 112 cm³/mol. The largest absolute Gasteiger partial charge is 0.460 e. The van der Waals surface area contributed by atoms with E-state index in [0.29, 0.717) is 39.3 Å². The standard InChI is InChI=1S/C18H20N4O5S2/c1-3-26-16(24)15-14(11-6-4-5-7-12(11)27-15)20-13(23)10-28-18-22-21-17(29-18)19-8-9-25-2/h4-7H,3,8-10H2,1-2H3,(H,19,21)(H,20,23). The highest BCUT2D eigenvalue weighted by Crippen LogP contribution is 2.32. The Hall–Kier alpha value is -2.63. The van der Waals surface area contributed by atoms with Gasteiger partial charge in [0.05, 0.1) is 19.0 Å². The number of para-hydroxylation sites is 1. The van der Waals surface area contributed by atoms with Crippen molar-refractivity contribution in [3.05, 3.63) is 30.0 Å². The molecule has 9 nitrogen and oxygen atoms in total. The fourth-order valence-electron chi connectivity index (χ4n) is 2.41. The first kappa shape index (κ1) is 21.1. The number of aromatic nitrogens is 2. The second-order valence-corrected chi connectivity index (χ2v) is 7.85. The Morgan fingerprint density at radius 3 is 2.90 bits per heavy atom. The van der Waals surface area contributed by atoms with Crippen molar-refractivity contribution in [2.75, 3.05) is 43.3 Å². The number of hydrogen-bond donors (Lipinski definition) is 2. The van der Waals surface area contributed by atoms with Gasteiger partial charge < -0.3 is 24.5 Å². The van der Waals surface area contributed by atoms with Crippen molar-refractivity contribution >= 4 is 56.8 Å². The minimum atomic E-state index is -0.623. The van der Waals surface area contributed by atoms with Crippen molar-refractivity contribution < 1.29 is 23.5 Å². The first-order valence-corrected chi connectivity index (χ1v) is 10.6. The number of thioether (sulfide) groups is 1. The molecule has 0 aliphatic rings. The number of carbonyl (C=O) groups excluding carboxylic acids is 2. The number of hydrogen-bond acceptors (Lipinski definition) is 10. The molecule has 154 valence electrons. The molecule has 0 atom stereocenters. The lowest BCUT2D eigenvalue weighted by atomic mass is 10.2. The zero-order valence-electron chi connectivity index (χ0n) is 15.9. The molecule has 0 unspecified atom stereocenters. The average Bonchev–Trinajstić information content (AvgIpc) is 3.32. The topological polar surface area (TPSA) is 116 Å². The second kappa shape index (κ2) is 10.2. The lowest BCUT2D eigenvalue weighted by molar-refractivity contribution is -0.113. The van der Waals surface area contributed by atoms with Crippen LogP contribution in [-0.4, -0.2) is 54.7 Å². The maximum atomic E-state index is 12.5. The van der Waals surface area contributed by atoms with Gasteiger partial charge in [0.25, 0.3) is 0 Å². The van der Waals surface area contributed by atoms with Crippen LogP contribution in [0.2, 0.25) is 0 Å². The Morgan fingerprint density at radius 1 is 1.28 bits per heavy atom. The van der Waals surface area contributed by atoms with E-state index >= 15 is 0 Å². The van der Waals surface area contributed by atoms with Gasteiger partial charge in [-0.2, -0.15) is 0 Å². The summed E-state index contributed by atoms with van der Waals surface area (Å²) in [6.45, 7) is 3.10. The van der Waals surface area contributed by atoms with E-state index in [9.17, 15) is 9.59 Å². The quantitative estimate of drug-likeness (QED) is 0.281. The molecule has 0 fully saturated rings. The summed E-state index contributed by atoms with van der Waals surface area (Å²) < 4.78 is 16.2. The molecule has 0 aliphatic carbocycles. The third-order valence-electron chi connectivity index (χ3n) is 3.64. The van der Waals surface area contributed by atoms with Gasteiger partial charge in [0.15, 0.2) is 4.34 Å². The summed E-state index contributed by atoms with van der Waals surface area (Å²) in [5.41, 5.74) is 0.804. The number of anilines is 2. The molecule has 0 radical (unpaired) electrons. The SMILES string of the molecule is CCOC(=O)c1oc2ccccc2c1NC(=O)CSc1nnc(NCCOC)s1. The van der Waals surface area contributed by atoms with E-state index < -0.39 is 5.97 Å². The van der Waals surface area contributed by atoms with Crippen LogP contribution in [0, 0.1) is 0 Å². The van der Waals surface area contributed by atoms with Crippen LogP contribution in [0.3, 0.4) is 0 Å². The summed E-state index contributed by atoms with van der Waals surface area (Å²) in [5, 5.41) is 15.2. The van der Waals surface area contributed by atoms with Gasteiger partial charge in [0.2, 0.25) is 16.8 Å². The Labute approximate surface area is 175 Å². The van der Waals surface area contributed by atoms with E-state index in [4.69, 9.17) is 13.9 Å². The Balaban J connectivity index is 1.65. The number of ether oxygens (including phenoxy) is 2. The molecule has 0 saturated heterocycles. The first-order valence-electron chi connectivity index (χ1n) is 8.80. The highest BCUT2D eigenvalue weighted by Gasteiger charge is 2.23. The first-order chi connectivity index (χ1) is 14.1. The lowest BCUT2D eigenvalue weighted by Crippen LogP contribution is -2.16. The number of furan rings is 1. The molecule has 11 heteroatoms. The molecule has 3 aromatic rings. The maximum absolute atomic E-state index is 12.5. The van der Waals surface area contributed by atoms with E-state index in [1.807, 2.05) is 0 Å². The summed E-state index contributed by atoms with van der Waals surface area (Å²) in [6.07, 6.45) is 0. The van der Waals surface area contributed by atoms with Crippen molar-refractivity contribution in [3.8, 4) is 0 Å². The Morgan fingerprint density at radius 2 is 2.10 bits per heavy atom. The molecule has 2 heterocycles. The van der Waals surface area contributed by atoms with Gasteiger partial charge in [0, 0.05) is 19.0 Å². The molecule has 3 rings (SSSR count). The molecule has 2 aromatic heterocycles. The van der Waals surface area contributed by atoms with Gasteiger partial charge in [-0.15, -0.1) is 10.2 Å². The lowest BCUT2D eigenvalue weighted by Gasteiger charge is -2.05. The highest BCUT2D eigenvalue weighted by atomic mass is 32.2. The van der Waals surface area contributed by atoms with Crippen LogP contribution in [0.25, 0.3) is 11.0 Å². The van der Waals surface area contributed by atoms with Crippen LogP contribution in [0.5, 0.6) is 0 Å². The number of carbonyl (C=O) groups is 2. The molecule has 0 saturated carbocycles. The minimum absolute atomic E-state index is 0.0213. The van der Waals surface area contributed by atoms with E-state index in [1.54, 1.807) is 38.3 Å². The van der Waals surface area contributed by atoms with Gasteiger partial charge in [-0.05, 0) is 19.1 Å². The Bertz CT molecular complexity index is 988. The number of benzene rings is 1. The van der Waals surface area contributed by atoms with Crippen molar-refractivity contribution in [1.29, 1.82) is 0 Å². The number of methoxy groups -OCH3 is 1. The van der Waals surface area contributed by atoms with Crippen LogP contribution in [-0.2, 0) is 14.3 Å². The van der Waals surface area contributed by atoms with E-state index in [0.717, 1.165) is 0 Å². The zero-order valence-corrected chi connectivity index (χ0v) is 17.5. The molecule has 1 aromatic carbocycles. The molecule has 29 heavy (non-hydrogen) atoms. The predicted octanol–water partition coefficient (Wildman–Crippen LogP) is 3.25. The normalized spacial score (nSPS) is 10.8. The number of nitrogens with zero attached hydrogens (tertiary/aromatic N) is 2. The monoisotopic (exact) mass is 436 g/mol. The van der Waals surface area contributed by atoms with Gasteiger partial charge in [-0.25, -0.2) is 4.79 Å². The van der Waals surface area contributed by atoms with Gasteiger partial charge in [0.1, 0.15) is 11.3 Å². The Kier molecular flexibility index (Phi) is 7.44. The number of rotatable bonds is 10. The average molecular weight is 437 g/mol. The maximum Gasteiger partial charge on any atom is 0.376 e. The number of nitrogens with one attached hydrogen (secondary N) is 2. The highest BCUT2D eigenvalue weighted by molar-refractivity contribution is 8.01. The minimum Gasteiger partial charge on any atom is -0.460 e. The third kappa shape index (κ3) is 5.46. The molecule has 1 amide bonds. The van der Waals surface area contributed by atoms with Crippen LogP contribution < -0.4 is 10.6 Å². The van der Waals surface area contributed by atoms with Crippen LogP contribution >= 0.6 is 23.1 Å². The molecular weight excluding hydrogens is 416 g/mol. The van der Waals surface area contributed by atoms with E-state index in [-0.39, 0.29) is 24.0 Å². The summed E-state index contributed by atoms with van der Waals surface area (Å²) in [7, 11) is 1.62. The van der Waals surface area contributed by atoms with Crippen LogP contribution in [0.15, 0.2) is 33.0 Å². The molecule has 0 spiro atoms. The van der Waals surface area contributed by atoms with Crippen molar-refractivity contribution in [1.82, 2.24) is 10.2 Å². The number of esters is 1. The van der Waals surface area contributed by atoms with Crippen LogP contribution in [0.4, 0.5) is 10.8 Å². The van der Waals surface area contributed by atoms with Crippen LogP contribution in [0.1, 0.15) is 17.5 Å². The van der Waals surface area contributed by atoms with E-state index in [1.165, 1.54) is 23.1 Å². The molecule has 0 bridgehead atoms. The summed E-state index contributed by atoms with van der Waals surface area (Å²) in [4.78, 5) is 24.7. The molecule has 2 N–H and O–H groups in total. The summed E-state index contributed by atoms with van der Waals surface area (Å²) in [6, 6.07) is 7.08. The summed E-state index contributed by atoms with van der Waals surface area (Å²) in [5.74, 6) is -0.834. The van der Waals surface area contributed by atoms with Gasteiger partial charge in [-0.3, -0.25) is 4.79 Å². The number of fused-ring (bicyclic) bond motifs is 1. The summed E-state index contributed by atoms with van der Waals surface area (Å²) >= 11 is 2.61. The zero-order chi connectivity index (χ0) is 20.6. The second-order valence-electron chi connectivity index (χ2n) is 5.65. The molecule has 0 aliphatic heterocycles.